The zero-order valence-corrected chi connectivity index (χ0v) is 13.7. The highest BCUT2D eigenvalue weighted by Crippen LogP contribution is 2.09. The molecule has 1 rings (SSSR count). The van der Waals surface area contributed by atoms with Crippen LogP contribution < -0.4 is 11.1 Å². The Morgan fingerprint density at radius 3 is 2.19 bits per heavy atom. The molecule has 6 heteroatoms. The molecule has 118 valence electrons. The van der Waals surface area contributed by atoms with E-state index in [1.165, 1.54) is 0 Å². The van der Waals surface area contributed by atoms with E-state index in [0.29, 0.717) is 12.1 Å². The Hall–Kier alpha value is -1.59. The summed E-state index contributed by atoms with van der Waals surface area (Å²) in [5.41, 5.74) is 7.42. The van der Waals surface area contributed by atoms with Crippen LogP contribution in [0.5, 0.6) is 0 Å². The van der Waals surface area contributed by atoms with Gasteiger partial charge in [0.25, 0.3) is 5.91 Å². The van der Waals surface area contributed by atoms with Crippen LogP contribution in [0.15, 0.2) is 24.3 Å². The Morgan fingerprint density at radius 1 is 1.24 bits per heavy atom. The van der Waals surface area contributed by atoms with Crippen LogP contribution in [0.1, 0.15) is 29.8 Å². The number of nitrogens with one attached hydrogen (secondary N) is 1. The van der Waals surface area contributed by atoms with Gasteiger partial charge in [-0.2, -0.15) is 0 Å². The Morgan fingerprint density at radius 2 is 1.76 bits per heavy atom. The van der Waals surface area contributed by atoms with Gasteiger partial charge in [0, 0.05) is 26.2 Å². The second kappa shape index (κ2) is 8.64. The zero-order valence-electron chi connectivity index (χ0n) is 12.9. The summed E-state index contributed by atoms with van der Waals surface area (Å²) in [6, 6.07) is 6.69. The second-order valence-corrected chi connectivity index (χ2v) is 5.24. The maximum atomic E-state index is 12.0. The lowest BCUT2D eigenvalue weighted by Crippen LogP contribution is -2.44. The first-order valence-electron chi connectivity index (χ1n) is 6.68. The van der Waals surface area contributed by atoms with Crippen LogP contribution in [0.2, 0.25) is 0 Å². The van der Waals surface area contributed by atoms with Gasteiger partial charge in [0.2, 0.25) is 5.91 Å². The van der Waals surface area contributed by atoms with E-state index in [1.807, 2.05) is 26.0 Å². The Labute approximate surface area is 132 Å². The molecule has 0 aliphatic rings. The summed E-state index contributed by atoms with van der Waals surface area (Å²) in [4.78, 5) is 25.1. The van der Waals surface area contributed by atoms with Crippen molar-refractivity contribution in [2.45, 2.75) is 26.4 Å². The van der Waals surface area contributed by atoms with Crippen molar-refractivity contribution in [3.05, 3.63) is 35.4 Å². The van der Waals surface area contributed by atoms with E-state index in [0.717, 1.165) is 5.56 Å². The molecule has 0 aliphatic carbocycles. The Balaban J connectivity index is 0.00000400. The van der Waals surface area contributed by atoms with E-state index < -0.39 is 6.04 Å². The number of hydrogen-bond donors (Lipinski definition) is 2. The molecule has 0 saturated carbocycles. The molecule has 0 spiro atoms. The molecule has 2 amide bonds. The molecule has 0 aliphatic heterocycles. The topological polar surface area (TPSA) is 75.4 Å². The number of halogens is 1. The third kappa shape index (κ3) is 5.36. The lowest BCUT2D eigenvalue weighted by molar-refractivity contribution is -0.132. The predicted octanol–water partition coefficient (Wildman–Crippen LogP) is 1.41. The van der Waals surface area contributed by atoms with Crippen LogP contribution >= 0.6 is 12.4 Å². The first-order chi connectivity index (χ1) is 9.36. The summed E-state index contributed by atoms with van der Waals surface area (Å²) < 4.78 is 0. The maximum absolute atomic E-state index is 12.0. The van der Waals surface area contributed by atoms with Crippen molar-refractivity contribution in [3.8, 4) is 0 Å². The van der Waals surface area contributed by atoms with Crippen LogP contribution in [0.25, 0.3) is 0 Å². The molecular formula is C15H24ClN3O2. The molecule has 0 aromatic heterocycles. The van der Waals surface area contributed by atoms with E-state index in [-0.39, 0.29) is 30.1 Å². The van der Waals surface area contributed by atoms with Crippen molar-refractivity contribution in [1.82, 2.24) is 10.2 Å². The number of likely N-dealkylation sites (N-methyl/N-ethyl adjacent to an activating group) is 1. The molecule has 0 bridgehead atoms. The number of nitrogens with zero attached hydrogens (tertiary/aromatic N) is 1. The van der Waals surface area contributed by atoms with Gasteiger partial charge in [0.15, 0.2) is 0 Å². The van der Waals surface area contributed by atoms with Crippen LogP contribution in [0, 0.1) is 5.92 Å². The first-order valence-corrected chi connectivity index (χ1v) is 6.68. The van der Waals surface area contributed by atoms with Crippen molar-refractivity contribution in [2.75, 3.05) is 14.1 Å². The average molecular weight is 314 g/mol. The molecule has 21 heavy (non-hydrogen) atoms. The van der Waals surface area contributed by atoms with Gasteiger partial charge in [-0.1, -0.05) is 26.0 Å². The summed E-state index contributed by atoms with van der Waals surface area (Å²) in [7, 11) is 3.33. The van der Waals surface area contributed by atoms with Crippen LogP contribution in [-0.4, -0.2) is 36.9 Å². The third-order valence-corrected chi connectivity index (χ3v) is 3.24. The molecule has 3 N–H and O–H groups in total. The molecule has 0 heterocycles. The second-order valence-electron chi connectivity index (χ2n) is 5.24. The lowest BCUT2D eigenvalue weighted by Gasteiger charge is -2.23. The van der Waals surface area contributed by atoms with Crippen molar-refractivity contribution >= 4 is 24.2 Å². The van der Waals surface area contributed by atoms with Crippen molar-refractivity contribution in [2.24, 2.45) is 11.7 Å². The van der Waals surface area contributed by atoms with Gasteiger partial charge in [-0.15, -0.1) is 12.4 Å². The fourth-order valence-corrected chi connectivity index (χ4v) is 1.80. The van der Waals surface area contributed by atoms with E-state index in [2.05, 4.69) is 5.32 Å². The first kappa shape index (κ1) is 19.4. The maximum Gasteiger partial charge on any atom is 0.251 e. The normalized spacial score (nSPS) is 11.5. The van der Waals surface area contributed by atoms with Gasteiger partial charge < -0.3 is 16.0 Å². The third-order valence-electron chi connectivity index (χ3n) is 3.24. The van der Waals surface area contributed by atoms with Crippen molar-refractivity contribution < 1.29 is 9.59 Å². The van der Waals surface area contributed by atoms with Gasteiger partial charge in [0.1, 0.15) is 0 Å². The number of rotatable bonds is 5. The minimum atomic E-state index is -0.481. The van der Waals surface area contributed by atoms with Crippen LogP contribution in [-0.2, 0) is 11.3 Å². The van der Waals surface area contributed by atoms with E-state index in [4.69, 9.17) is 5.73 Å². The number of hydrogen-bond acceptors (Lipinski definition) is 3. The van der Waals surface area contributed by atoms with Gasteiger partial charge >= 0.3 is 0 Å². The number of carbonyl (C=O) groups excluding carboxylic acids is 2. The largest absolute Gasteiger partial charge is 0.355 e. The van der Waals surface area contributed by atoms with Crippen LogP contribution in [0.3, 0.4) is 0 Å². The number of benzene rings is 1. The number of carbonyl (C=O) groups is 2. The van der Waals surface area contributed by atoms with Gasteiger partial charge in [-0.3, -0.25) is 9.59 Å². The fraction of sp³-hybridized carbons (Fsp3) is 0.467. The summed E-state index contributed by atoms with van der Waals surface area (Å²) >= 11 is 0. The van der Waals surface area contributed by atoms with Gasteiger partial charge in [-0.05, 0) is 23.6 Å². The lowest BCUT2D eigenvalue weighted by atomic mass is 10.0. The van der Waals surface area contributed by atoms with Gasteiger partial charge in [0.05, 0.1) is 6.04 Å². The highest BCUT2D eigenvalue weighted by atomic mass is 35.5. The smallest absolute Gasteiger partial charge is 0.251 e. The number of nitrogens with two attached hydrogens (primary N) is 1. The highest BCUT2D eigenvalue weighted by molar-refractivity contribution is 5.93. The van der Waals surface area contributed by atoms with Crippen molar-refractivity contribution in [3.63, 3.8) is 0 Å². The summed E-state index contributed by atoms with van der Waals surface area (Å²) in [5, 5.41) is 2.57. The summed E-state index contributed by atoms with van der Waals surface area (Å²) in [5.74, 6) is -0.0845. The summed E-state index contributed by atoms with van der Waals surface area (Å²) in [6.45, 7) is 4.33. The molecule has 0 radical (unpaired) electrons. The quantitative estimate of drug-likeness (QED) is 0.863. The Bertz CT molecular complexity index is 474. The Kier molecular flexibility index (Phi) is 7.99. The van der Waals surface area contributed by atoms with E-state index >= 15 is 0 Å². The molecule has 1 atom stereocenters. The molecule has 0 fully saturated rings. The standard InChI is InChI=1S/C15H23N3O2.ClH/c1-10(2)13(16)15(20)18(4)9-11-5-7-12(8-6-11)14(19)17-3;/h5-8,10,13H,9,16H2,1-4H3,(H,17,19);1H/t13-;/m1./s1. The highest BCUT2D eigenvalue weighted by Gasteiger charge is 2.20. The minimum absolute atomic E-state index is 0. The van der Waals surface area contributed by atoms with E-state index in [9.17, 15) is 9.59 Å². The molecule has 0 unspecified atom stereocenters. The predicted molar refractivity (Wildman–Crippen MR) is 86.4 cm³/mol. The molecular weight excluding hydrogens is 290 g/mol. The average Bonchev–Trinajstić information content (AvgIpc) is 2.45. The molecule has 0 saturated heterocycles. The SMILES string of the molecule is CNC(=O)c1ccc(CN(C)C(=O)[C@H](N)C(C)C)cc1.Cl. The van der Waals surface area contributed by atoms with Gasteiger partial charge in [-0.25, -0.2) is 0 Å². The monoisotopic (exact) mass is 313 g/mol. The van der Waals surface area contributed by atoms with E-state index in [1.54, 1.807) is 31.1 Å². The fourth-order valence-electron chi connectivity index (χ4n) is 1.80. The van der Waals surface area contributed by atoms with Crippen molar-refractivity contribution in [1.29, 1.82) is 0 Å². The number of amides is 2. The molecule has 1 aromatic carbocycles. The molecule has 5 nitrogen and oxygen atoms in total. The minimum Gasteiger partial charge on any atom is -0.355 e. The van der Waals surface area contributed by atoms with Crippen LogP contribution in [0.4, 0.5) is 0 Å². The zero-order chi connectivity index (χ0) is 15.3. The molecule has 1 aromatic rings. The summed E-state index contributed by atoms with van der Waals surface area (Å²) in [6.07, 6.45) is 0.